The quantitative estimate of drug-likeness (QED) is 0.487. The normalized spacial score (nSPS) is 20.1. The molecule has 1 fully saturated rings. The Balaban J connectivity index is 1.81. The predicted octanol–water partition coefficient (Wildman–Crippen LogP) is 2.91. The van der Waals surface area contributed by atoms with E-state index >= 15 is 0 Å². The molecule has 1 saturated heterocycles. The van der Waals surface area contributed by atoms with Gasteiger partial charge in [0.2, 0.25) is 0 Å². The molecule has 1 N–H and O–H groups in total. The molecule has 0 radical (unpaired) electrons. The molecule has 1 amide bonds. The highest BCUT2D eigenvalue weighted by molar-refractivity contribution is 6.46. The summed E-state index contributed by atoms with van der Waals surface area (Å²) in [6.07, 6.45) is 0. The van der Waals surface area contributed by atoms with E-state index in [4.69, 9.17) is 14.2 Å². The van der Waals surface area contributed by atoms with Gasteiger partial charge in [-0.05, 0) is 42.8 Å². The number of aliphatic hydroxyl groups is 1. The van der Waals surface area contributed by atoms with E-state index in [2.05, 4.69) is 0 Å². The molecule has 150 valence electrons. The fraction of sp³-hybridized carbons (Fsp3) is 0.273. The van der Waals surface area contributed by atoms with E-state index < -0.39 is 17.7 Å². The molecule has 0 saturated carbocycles. The van der Waals surface area contributed by atoms with E-state index in [1.54, 1.807) is 49.5 Å². The summed E-state index contributed by atoms with van der Waals surface area (Å²) < 4.78 is 16.6. The van der Waals surface area contributed by atoms with Crippen LogP contribution in [0.25, 0.3) is 5.76 Å². The van der Waals surface area contributed by atoms with Crippen LogP contribution in [-0.4, -0.2) is 48.6 Å². The topological polar surface area (TPSA) is 85.3 Å². The Hall–Kier alpha value is -3.48. The van der Waals surface area contributed by atoms with Crippen LogP contribution in [0.1, 0.15) is 24.1 Å². The minimum atomic E-state index is -0.730. The number of benzene rings is 2. The summed E-state index contributed by atoms with van der Waals surface area (Å²) in [5.74, 6) is 0.0353. The highest BCUT2D eigenvalue weighted by Gasteiger charge is 2.44. The molecule has 2 heterocycles. The van der Waals surface area contributed by atoms with Crippen LogP contribution in [0.3, 0.4) is 0 Å². The molecule has 0 aromatic heterocycles. The number of ketones is 1. The van der Waals surface area contributed by atoms with Crippen molar-refractivity contribution in [2.75, 3.05) is 26.9 Å². The van der Waals surface area contributed by atoms with Gasteiger partial charge in [0, 0.05) is 12.6 Å². The second-order valence-corrected chi connectivity index (χ2v) is 6.77. The lowest BCUT2D eigenvalue weighted by atomic mass is 9.95. The molecular formula is C22H21NO6. The number of rotatable bonds is 4. The van der Waals surface area contributed by atoms with Crippen LogP contribution in [0, 0.1) is 0 Å². The minimum absolute atomic E-state index is 0.0304. The summed E-state index contributed by atoms with van der Waals surface area (Å²) in [6.45, 7) is 3.23. The summed E-state index contributed by atoms with van der Waals surface area (Å²) in [5.41, 5.74) is 1.09. The molecule has 0 aliphatic carbocycles. The van der Waals surface area contributed by atoms with Crippen LogP contribution in [0.4, 0.5) is 0 Å². The third-order valence-electron chi connectivity index (χ3n) is 4.98. The van der Waals surface area contributed by atoms with E-state index in [9.17, 15) is 14.7 Å². The van der Waals surface area contributed by atoms with Crippen molar-refractivity contribution in [2.45, 2.75) is 13.0 Å². The van der Waals surface area contributed by atoms with Crippen molar-refractivity contribution in [1.29, 1.82) is 0 Å². The maximum atomic E-state index is 12.7. The van der Waals surface area contributed by atoms with Crippen LogP contribution in [0.5, 0.6) is 17.2 Å². The number of Topliss-reactive ketones (excluding diaryl/α,β-unsaturated/α-hetero) is 1. The number of hydrogen-bond donors (Lipinski definition) is 1. The Morgan fingerprint density at radius 3 is 2.66 bits per heavy atom. The Morgan fingerprint density at radius 2 is 1.90 bits per heavy atom. The van der Waals surface area contributed by atoms with Crippen molar-refractivity contribution < 1.29 is 28.9 Å². The summed E-state index contributed by atoms with van der Waals surface area (Å²) in [5, 5.41) is 11.0. The number of hydrogen-bond acceptors (Lipinski definition) is 6. The molecule has 2 aliphatic rings. The van der Waals surface area contributed by atoms with Crippen LogP contribution < -0.4 is 14.2 Å². The van der Waals surface area contributed by atoms with E-state index in [-0.39, 0.29) is 11.3 Å². The van der Waals surface area contributed by atoms with Crippen molar-refractivity contribution in [2.24, 2.45) is 0 Å². The summed E-state index contributed by atoms with van der Waals surface area (Å²) in [7, 11) is 1.54. The van der Waals surface area contributed by atoms with Crippen LogP contribution in [-0.2, 0) is 9.59 Å². The van der Waals surface area contributed by atoms with E-state index in [0.29, 0.717) is 48.2 Å². The van der Waals surface area contributed by atoms with Gasteiger partial charge in [-0.2, -0.15) is 0 Å². The zero-order valence-electron chi connectivity index (χ0n) is 16.2. The van der Waals surface area contributed by atoms with Gasteiger partial charge in [0.15, 0.2) is 11.5 Å². The zero-order valence-corrected chi connectivity index (χ0v) is 16.2. The fourth-order valence-corrected chi connectivity index (χ4v) is 3.63. The van der Waals surface area contributed by atoms with E-state index in [0.717, 1.165) is 0 Å². The maximum absolute atomic E-state index is 12.7. The molecule has 4 rings (SSSR count). The first kappa shape index (κ1) is 18.9. The van der Waals surface area contributed by atoms with Gasteiger partial charge >= 0.3 is 0 Å². The summed E-state index contributed by atoms with van der Waals surface area (Å²) >= 11 is 0. The number of fused-ring (bicyclic) bond motifs is 1. The average molecular weight is 395 g/mol. The highest BCUT2D eigenvalue weighted by atomic mass is 16.6. The van der Waals surface area contributed by atoms with Gasteiger partial charge in [0.05, 0.1) is 18.2 Å². The monoisotopic (exact) mass is 395 g/mol. The third-order valence-corrected chi connectivity index (χ3v) is 4.98. The first-order valence-corrected chi connectivity index (χ1v) is 9.38. The van der Waals surface area contributed by atoms with Gasteiger partial charge in [-0.3, -0.25) is 9.59 Å². The average Bonchev–Trinajstić information content (AvgIpc) is 2.97. The third kappa shape index (κ3) is 3.29. The Labute approximate surface area is 168 Å². The lowest BCUT2D eigenvalue weighted by Crippen LogP contribution is -2.24. The first-order valence-electron chi connectivity index (χ1n) is 9.38. The van der Waals surface area contributed by atoms with Crippen molar-refractivity contribution in [3.05, 3.63) is 59.2 Å². The first-order chi connectivity index (χ1) is 14.0. The van der Waals surface area contributed by atoms with Crippen LogP contribution in [0.15, 0.2) is 48.0 Å². The molecule has 0 spiro atoms. The SMILES string of the molecule is CCOc1cccc(C2/C(=C(\O)c3ccc4c(c3)OCCO4)C(=O)C(=O)N2C)c1. The molecular weight excluding hydrogens is 374 g/mol. The van der Waals surface area contributed by atoms with Crippen molar-refractivity contribution >= 4 is 17.4 Å². The number of carbonyl (C=O) groups excluding carboxylic acids is 2. The Kier molecular flexibility index (Phi) is 4.88. The number of likely N-dealkylation sites (N-methyl/N-ethyl adjacent to an activating group) is 1. The summed E-state index contributed by atoms with van der Waals surface area (Å²) in [4.78, 5) is 26.5. The second kappa shape index (κ2) is 7.50. The van der Waals surface area contributed by atoms with Gasteiger partial charge in [-0.15, -0.1) is 0 Å². The van der Waals surface area contributed by atoms with E-state index in [1.165, 1.54) is 4.90 Å². The van der Waals surface area contributed by atoms with E-state index in [1.807, 2.05) is 6.92 Å². The van der Waals surface area contributed by atoms with Crippen LogP contribution in [0.2, 0.25) is 0 Å². The zero-order chi connectivity index (χ0) is 20.5. The lowest BCUT2D eigenvalue weighted by Gasteiger charge is -2.22. The molecule has 2 aromatic carbocycles. The fourth-order valence-electron chi connectivity index (χ4n) is 3.63. The molecule has 1 atom stereocenters. The number of nitrogens with zero attached hydrogens (tertiary/aromatic N) is 1. The Morgan fingerprint density at radius 1 is 1.14 bits per heavy atom. The molecule has 7 heteroatoms. The van der Waals surface area contributed by atoms with Crippen molar-refractivity contribution in [1.82, 2.24) is 4.90 Å². The van der Waals surface area contributed by atoms with Gasteiger partial charge < -0.3 is 24.2 Å². The smallest absolute Gasteiger partial charge is 0.295 e. The minimum Gasteiger partial charge on any atom is -0.507 e. The molecule has 1 unspecified atom stereocenters. The number of aliphatic hydroxyl groups excluding tert-OH is 1. The Bertz CT molecular complexity index is 1010. The second-order valence-electron chi connectivity index (χ2n) is 6.77. The molecule has 2 aliphatic heterocycles. The lowest BCUT2D eigenvalue weighted by molar-refractivity contribution is -0.139. The van der Waals surface area contributed by atoms with Crippen molar-refractivity contribution in [3.63, 3.8) is 0 Å². The molecule has 29 heavy (non-hydrogen) atoms. The summed E-state index contributed by atoms with van der Waals surface area (Å²) in [6, 6.07) is 11.4. The van der Waals surface area contributed by atoms with Gasteiger partial charge in [-0.25, -0.2) is 0 Å². The molecule has 7 nitrogen and oxygen atoms in total. The van der Waals surface area contributed by atoms with Crippen molar-refractivity contribution in [3.8, 4) is 17.2 Å². The number of ether oxygens (including phenoxy) is 3. The number of carbonyl (C=O) groups is 2. The number of likely N-dealkylation sites (tertiary alicyclic amines) is 1. The standard InChI is InChI=1S/C22H21NO6/c1-3-27-15-6-4-5-13(11-15)19-18(21(25)22(26)23(19)2)20(24)14-7-8-16-17(12-14)29-10-9-28-16/h4-8,11-12,19,24H,3,9-10H2,1-2H3/b20-18+. The van der Waals surface area contributed by atoms with Gasteiger partial charge in [-0.1, -0.05) is 12.1 Å². The highest BCUT2D eigenvalue weighted by Crippen LogP contribution is 2.40. The predicted molar refractivity (Wildman–Crippen MR) is 105 cm³/mol. The largest absolute Gasteiger partial charge is 0.507 e. The van der Waals surface area contributed by atoms with Crippen LogP contribution >= 0.6 is 0 Å². The maximum Gasteiger partial charge on any atom is 0.295 e. The van der Waals surface area contributed by atoms with Gasteiger partial charge in [0.25, 0.3) is 11.7 Å². The molecule has 0 bridgehead atoms. The van der Waals surface area contributed by atoms with Gasteiger partial charge in [0.1, 0.15) is 24.7 Å². The molecule has 2 aromatic rings. The number of amides is 1.